The fourth-order valence-corrected chi connectivity index (χ4v) is 7.03. The molecule has 0 aromatic heterocycles. The number of nitrogens with one attached hydrogen (secondary N) is 2. The van der Waals surface area contributed by atoms with Crippen molar-refractivity contribution in [3.63, 3.8) is 0 Å². The van der Waals surface area contributed by atoms with Crippen LogP contribution in [0.5, 0.6) is 5.75 Å². The van der Waals surface area contributed by atoms with Crippen LogP contribution >= 0.6 is 0 Å². The normalized spacial score (nSPS) is 26.3. The van der Waals surface area contributed by atoms with Gasteiger partial charge in [0.15, 0.2) is 9.84 Å². The predicted molar refractivity (Wildman–Crippen MR) is 169 cm³/mol. The summed E-state index contributed by atoms with van der Waals surface area (Å²) in [6.07, 6.45) is 2.00. The van der Waals surface area contributed by atoms with Gasteiger partial charge in [0.25, 0.3) is 5.91 Å². The Kier molecular flexibility index (Phi) is 9.23. The number of carbonyl (C=O) groups is 2. The maximum atomic E-state index is 13.7. The van der Waals surface area contributed by atoms with E-state index >= 15 is 0 Å². The van der Waals surface area contributed by atoms with Crippen molar-refractivity contribution in [1.29, 1.82) is 0 Å². The number of rotatable bonds is 4. The summed E-state index contributed by atoms with van der Waals surface area (Å²) >= 11 is 0. The maximum absolute atomic E-state index is 13.7. The van der Waals surface area contributed by atoms with E-state index in [2.05, 4.69) is 15.5 Å². The number of benzene rings is 3. The van der Waals surface area contributed by atoms with Gasteiger partial charge >= 0.3 is 0 Å². The van der Waals surface area contributed by atoms with Gasteiger partial charge in [-0.3, -0.25) is 14.5 Å². The van der Waals surface area contributed by atoms with Crippen molar-refractivity contribution < 1.29 is 32.6 Å². The monoisotopic (exact) mass is 633 g/mol. The van der Waals surface area contributed by atoms with Crippen molar-refractivity contribution in [1.82, 2.24) is 15.5 Å². The third kappa shape index (κ3) is 7.38. The highest BCUT2D eigenvalue weighted by molar-refractivity contribution is 7.90. The van der Waals surface area contributed by atoms with Gasteiger partial charge in [-0.2, -0.15) is 0 Å². The Bertz CT molecular complexity index is 1630. The van der Waals surface area contributed by atoms with Crippen LogP contribution in [-0.4, -0.2) is 86.6 Å². The number of ether oxygens (including phenoxy) is 2. The minimum absolute atomic E-state index is 0.150. The Balaban J connectivity index is 1.29. The summed E-state index contributed by atoms with van der Waals surface area (Å²) < 4.78 is 36.3. The second-order valence-corrected chi connectivity index (χ2v) is 14.2. The lowest BCUT2D eigenvalue weighted by Crippen LogP contribution is -2.50. The van der Waals surface area contributed by atoms with Crippen LogP contribution in [0.3, 0.4) is 0 Å². The van der Waals surface area contributed by atoms with Gasteiger partial charge in [0.2, 0.25) is 5.91 Å². The van der Waals surface area contributed by atoms with Crippen LogP contribution in [-0.2, 0) is 25.9 Å². The Morgan fingerprint density at radius 1 is 0.956 bits per heavy atom. The molecule has 3 aromatic carbocycles. The molecule has 3 N–H and O–H groups in total. The van der Waals surface area contributed by atoms with E-state index in [-0.39, 0.29) is 42.0 Å². The smallest absolute Gasteiger partial charge is 0.255 e. The first-order valence-corrected chi connectivity index (χ1v) is 17.3. The third-order valence-electron chi connectivity index (χ3n) is 8.87. The summed E-state index contributed by atoms with van der Waals surface area (Å²) in [5.74, 6) is -0.0352. The second kappa shape index (κ2) is 13.3. The van der Waals surface area contributed by atoms with Crippen molar-refractivity contribution in [2.24, 2.45) is 0 Å². The van der Waals surface area contributed by atoms with Gasteiger partial charge < -0.3 is 25.2 Å². The van der Waals surface area contributed by atoms with E-state index in [9.17, 15) is 23.1 Å². The van der Waals surface area contributed by atoms with Crippen molar-refractivity contribution in [2.45, 2.75) is 67.5 Å². The quantitative estimate of drug-likeness (QED) is 0.400. The molecule has 2 saturated heterocycles. The summed E-state index contributed by atoms with van der Waals surface area (Å²) in [5, 5.41) is 16.8. The predicted octanol–water partition coefficient (Wildman–Crippen LogP) is 2.94. The molecule has 45 heavy (non-hydrogen) atoms. The molecule has 0 spiro atoms. The fourth-order valence-electron chi connectivity index (χ4n) is 6.40. The van der Waals surface area contributed by atoms with Gasteiger partial charge in [-0.05, 0) is 60.2 Å². The van der Waals surface area contributed by atoms with E-state index < -0.39 is 28.1 Å². The number of fused-ring (bicyclic) bond motifs is 5. The zero-order valence-electron chi connectivity index (χ0n) is 25.2. The highest BCUT2D eigenvalue weighted by Crippen LogP contribution is 2.30. The molecule has 238 valence electrons. The molecule has 0 aliphatic carbocycles. The van der Waals surface area contributed by atoms with Crippen LogP contribution in [0.4, 0.5) is 0 Å². The van der Waals surface area contributed by atoms with Crippen LogP contribution in [0.2, 0.25) is 0 Å². The van der Waals surface area contributed by atoms with E-state index in [0.29, 0.717) is 50.1 Å². The number of likely N-dealkylation sites (tertiary alicyclic amines) is 1. The van der Waals surface area contributed by atoms with E-state index in [1.54, 1.807) is 36.4 Å². The van der Waals surface area contributed by atoms with Crippen molar-refractivity contribution in [3.05, 3.63) is 83.9 Å². The van der Waals surface area contributed by atoms with Crippen LogP contribution < -0.4 is 15.4 Å². The first-order valence-electron chi connectivity index (χ1n) is 15.4. The summed E-state index contributed by atoms with van der Waals surface area (Å²) in [7, 11) is -3.33. The molecule has 0 saturated carbocycles. The van der Waals surface area contributed by atoms with Gasteiger partial charge in [-0.25, -0.2) is 8.42 Å². The molecule has 4 bridgehead atoms. The molecule has 0 radical (unpaired) electrons. The molecule has 3 heterocycles. The number of aliphatic hydroxyl groups excluding tert-OH is 1. The number of carbonyl (C=O) groups excluding carboxylic acids is 2. The Morgan fingerprint density at radius 3 is 2.47 bits per heavy atom. The topological polar surface area (TPSA) is 134 Å². The molecule has 2 amide bonds. The average molecular weight is 634 g/mol. The number of aliphatic hydroxyl groups is 1. The highest BCUT2D eigenvalue weighted by Gasteiger charge is 2.39. The van der Waals surface area contributed by atoms with Gasteiger partial charge in [0.05, 0.1) is 35.3 Å². The zero-order chi connectivity index (χ0) is 31.6. The number of sulfone groups is 1. The lowest BCUT2D eigenvalue weighted by Gasteiger charge is -2.34. The van der Waals surface area contributed by atoms with Crippen LogP contribution in [0.15, 0.2) is 77.7 Å². The van der Waals surface area contributed by atoms with Crippen molar-refractivity contribution in [3.8, 4) is 16.9 Å². The van der Waals surface area contributed by atoms with E-state index in [1.807, 2.05) is 36.4 Å². The largest absolute Gasteiger partial charge is 0.493 e. The van der Waals surface area contributed by atoms with Crippen LogP contribution in [0, 0.1) is 0 Å². The first-order chi connectivity index (χ1) is 21.6. The fraction of sp³-hybridized carbons (Fsp3) is 0.412. The number of nitrogens with zero attached hydrogens (tertiary/aromatic N) is 1. The van der Waals surface area contributed by atoms with E-state index in [4.69, 9.17) is 9.47 Å². The molecule has 6 rings (SSSR count). The molecular weight excluding hydrogens is 594 g/mol. The molecule has 3 aliphatic rings. The van der Waals surface area contributed by atoms with Gasteiger partial charge in [0, 0.05) is 38.4 Å². The molecule has 11 heteroatoms. The van der Waals surface area contributed by atoms with Crippen LogP contribution in [0.25, 0.3) is 11.1 Å². The Hall–Kier alpha value is -3.77. The first kappa shape index (κ1) is 31.2. The summed E-state index contributed by atoms with van der Waals surface area (Å²) in [6.45, 7) is 1.53. The molecule has 3 aromatic rings. The third-order valence-corrected chi connectivity index (χ3v) is 10.00. The minimum atomic E-state index is -3.33. The van der Waals surface area contributed by atoms with Gasteiger partial charge in [0.1, 0.15) is 11.9 Å². The highest BCUT2D eigenvalue weighted by atomic mass is 32.2. The lowest BCUT2D eigenvalue weighted by atomic mass is 9.99. The molecule has 5 atom stereocenters. The Labute approximate surface area is 263 Å². The second-order valence-electron chi connectivity index (χ2n) is 12.2. The lowest BCUT2D eigenvalue weighted by molar-refractivity contribution is -0.133. The summed E-state index contributed by atoms with van der Waals surface area (Å²) in [4.78, 5) is 29.5. The standard InChI is InChI=1S/C34H39N3O7S/c1-45(41,42)27-11-7-23(8-12-27)24-9-13-28-31(17-24)43-16-15-26-10-14-30(38)32(44-26)19-35-34(40)29-18-25(36-33(28)39)21-37(29)20-22-5-3-2-4-6-22/h2-9,11-13,17,25-26,29-30,32,38H,10,14-16,18-21H2,1H3,(H,35,40)(H,36,39)/t25-,26-,29-,30-,32+/m0/s1. The average Bonchev–Trinajstić information content (AvgIpc) is 3.42. The summed E-state index contributed by atoms with van der Waals surface area (Å²) in [6, 6.07) is 21.1. The molecule has 2 fully saturated rings. The van der Waals surface area contributed by atoms with Crippen molar-refractivity contribution >= 4 is 21.7 Å². The van der Waals surface area contributed by atoms with Gasteiger partial charge in [-0.1, -0.05) is 48.5 Å². The summed E-state index contributed by atoms with van der Waals surface area (Å²) in [5.41, 5.74) is 3.01. The minimum Gasteiger partial charge on any atom is -0.493 e. The number of hydrogen-bond acceptors (Lipinski definition) is 8. The van der Waals surface area contributed by atoms with E-state index in [0.717, 1.165) is 16.7 Å². The van der Waals surface area contributed by atoms with Crippen LogP contribution in [0.1, 0.15) is 41.6 Å². The zero-order valence-corrected chi connectivity index (χ0v) is 26.0. The molecule has 10 nitrogen and oxygen atoms in total. The number of amides is 2. The Morgan fingerprint density at radius 2 is 1.71 bits per heavy atom. The molecule has 0 unspecified atom stereocenters. The maximum Gasteiger partial charge on any atom is 0.255 e. The number of hydrogen-bond donors (Lipinski definition) is 3. The van der Waals surface area contributed by atoms with Gasteiger partial charge in [-0.15, -0.1) is 0 Å². The SMILES string of the molecule is CS(=O)(=O)c1ccc(-c2ccc3c(c2)OCC[C@@H]2CC[C@H](O)[C@@H](CNC(=O)[C@@H]4C[C@@H](CN4Cc4ccccc4)NC3=O)O2)cc1. The molecular formula is C34H39N3O7S. The van der Waals surface area contributed by atoms with E-state index in [1.165, 1.54) is 6.26 Å². The molecule has 3 aliphatic heterocycles. The van der Waals surface area contributed by atoms with Crippen molar-refractivity contribution in [2.75, 3.05) is 26.0 Å².